The van der Waals surface area contributed by atoms with Gasteiger partial charge in [0.25, 0.3) is 0 Å². The number of esters is 1. The number of carbonyl (C=O) groups is 1. The van der Waals surface area contributed by atoms with Gasteiger partial charge in [0.1, 0.15) is 0 Å². The van der Waals surface area contributed by atoms with Gasteiger partial charge in [0.15, 0.2) is 0 Å². The predicted octanol–water partition coefficient (Wildman–Crippen LogP) is 2.76. The van der Waals surface area contributed by atoms with Gasteiger partial charge in [0.05, 0.1) is 6.61 Å². The van der Waals surface area contributed by atoms with E-state index in [0.717, 1.165) is 13.1 Å². The van der Waals surface area contributed by atoms with E-state index in [4.69, 9.17) is 4.74 Å². The van der Waals surface area contributed by atoms with Crippen LogP contribution in [0, 0.1) is 0 Å². The second kappa shape index (κ2) is 8.59. The second-order valence-electron chi connectivity index (χ2n) is 4.73. The minimum Gasteiger partial charge on any atom is -0.463 e. The highest BCUT2D eigenvalue weighted by Crippen LogP contribution is 2.37. The van der Waals surface area contributed by atoms with Gasteiger partial charge in [-0.3, -0.25) is 0 Å². The highest BCUT2D eigenvalue weighted by atomic mass is 32.2. The van der Waals surface area contributed by atoms with E-state index in [0.29, 0.717) is 11.4 Å². The van der Waals surface area contributed by atoms with Crippen molar-refractivity contribution in [3.63, 3.8) is 0 Å². The van der Waals surface area contributed by atoms with Crippen molar-refractivity contribution in [2.24, 2.45) is 0 Å². The molecule has 0 bridgehead atoms. The Hall–Kier alpha value is -0.480. The van der Waals surface area contributed by atoms with Crippen molar-refractivity contribution >= 4 is 17.7 Å². The van der Waals surface area contributed by atoms with Crippen LogP contribution in [-0.4, -0.2) is 36.7 Å². The van der Waals surface area contributed by atoms with E-state index in [-0.39, 0.29) is 5.97 Å². The molecule has 0 aromatic carbocycles. The molecule has 104 valence electrons. The maximum Gasteiger partial charge on any atom is 0.330 e. The minimum absolute atomic E-state index is 0.253. The summed E-state index contributed by atoms with van der Waals surface area (Å²) in [5.41, 5.74) is 0. The van der Waals surface area contributed by atoms with Crippen molar-refractivity contribution in [3.8, 4) is 0 Å². The molecule has 0 aromatic heterocycles. The Morgan fingerprint density at radius 2 is 2.11 bits per heavy atom. The number of nitrogens with one attached hydrogen (secondary N) is 1. The molecule has 18 heavy (non-hydrogen) atoms. The van der Waals surface area contributed by atoms with Gasteiger partial charge in [-0.15, -0.1) is 0 Å². The molecule has 1 fully saturated rings. The molecule has 0 amide bonds. The van der Waals surface area contributed by atoms with Crippen LogP contribution in [0.2, 0.25) is 0 Å². The number of hydrogen-bond acceptors (Lipinski definition) is 4. The highest BCUT2D eigenvalue weighted by molar-refractivity contribution is 8.00. The fraction of sp³-hybridized carbons (Fsp3) is 0.786. The number of hydrogen-bond donors (Lipinski definition) is 1. The average molecular weight is 271 g/mol. The predicted molar refractivity (Wildman–Crippen MR) is 78.0 cm³/mol. The Balaban J connectivity index is 2.21. The van der Waals surface area contributed by atoms with Gasteiger partial charge >= 0.3 is 5.97 Å². The molecule has 0 aliphatic heterocycles. The van der Waals surface area contributed by atoms with Gasteiger partial charge in [-0.05, 0) is 26.0 Å². The van der Waals surface area contributed by atoms with Crippen LogP contribution in [-0.2, 0) is 9.53 Å². The molecule has 0 saturated heterocycles. The number of rotatable bonds is 7. The Morgan fingerprint density at radius 1 is 1.39 bits per heavy atom. The summed E-state index contributed by atoms with van der Waals surface area (Å²) in [7, 11) is 0. The molecule has 1 saturated carbocycles. The lowest BCUT2D eigenvalue weighted by molar-refractivity contribution is -0.137. The van der Waals surface area contributed by atoms with Crippen LogP contribution in [0.3, 0.4) is 0 Å². The third kappa shape index (κ3) is 5.44. The first-order chi connectivity index (χ1) is 8.72. The van der Waals surface area contributed by atoms with Crippen molar-refractivity contribution in [2.45, 2.75) is 43.8 Å². The molecule has 4 heteroatoms. The van der Waals surface area contributed by atoms with Crippen LogP contribution in [0.15, 0.2) is 12.2 Å². The molecule has 1 aliphatic rings. The SMILES string of the molecule is CCOC(=O)/C=C/CNCC1(SC)CCCCC1. The highest BCUT2D eigenvalue weighted by Gasteiger charge is 2.30. The summed E-state index contributed by atoms with van der Waals surface area (Å²) < 4.78 is 5.23. The van der Waals surface area contributed by atoms with Crippen LogP contribution < -0.4 is 5.32 Å². The van der Waals surface area contributed by atoms with Crippen molar-refractivity contribution in [1.82, 2.24) is 5.32 Å². The van der Waals surface area contributed by atoms with Gasteiger partial charge in [-0.2, -0.15) is 11.8 Å². The number of carbonyl (C=O) groups excluding carboxylic acids is 1. The molecule has 1 rings (SSSR count). The van der Waals surface area contributed by atoms with Gasteiger partial charge < -0.3 is 10.1 Å². The summed E-state index contributed by atoms with van der Waals surface area (Å²) in [6.45, 7) is 4.02. The molecular formula is C14H25NO2S. The quantitative estimate of drug-likeness (QED) is 0.439. The fourth-order valence-electron chi connectivity index (χ4n) is 2.38. The summed E-state index contributed by atoms with van der Waals surface area (Å²) in [6.07, 6.45) is 12.2. The summed E-state index contributed by atoms with van der Waals surface area (Å²) in [5, 5.41) is 3.43. The maximum absolute atomic E-state index is 11.1. The van der Waals surface area contributed by atoms with E-state index in [1.807, 2.05) is 24.8 Å². The topological polar surface area (TPSA) is 38.3 Å². The molecular weight excluding hydrogens is 246 g/mol. The van der Waals surface area contributed by atoms with Crippen LogP contribution in [0.5, 0.6) is 0 Å². The molecule has 0 radical (unpaired) electrons. The van der Waals surface area contributed by atoms with Gasteiger partial charge in [-0.1, -0.05) is 25.3 Å². The molecule has 0 unspecified atom stereocenters. The van der Waals surface area contributed by atoms with E-state index < -0.39 is 0 Å². The van der Waals surface area contributed by atoms with Crippen molar-refractivity contribution < 1.29 is 9.53 Å². The average Bonchev–Trinajstić information content (AvgIpc) is 2.40. The van der Waals surface area contributed by atoms with Crippen LogP contribution in [0.4, 0.5) is 0 Å². The van der Waals surface area contributed by atoms with Crippen LogP contribution in [0.25, 0.3) is 0 Å². The molecule has 0 spiro atoms. The van der Waals surface area contributed by atoms with E-state index in [9.17, 15) is 4.79 Å². The van der Waals surface area contributed by atoms with E-state index in [1.165, 1.54) is 38.2 Å². The van der Waals surface area contributed by atoms with Crippen LogP contribution in [0.1, 0.15) is 39.0 Å². The molecule has 1 aliphatic carbocycles. The molecule has 0 heterocycles. The largest absolute Gasteiger partial charge is 0.463 e. The lowest BCUT2D eigenvalue weighted by Crippen LogP contribution is -2.39. The lowest BCUT2D eigenvalue weighted by Gasteiger charge is -2.35. The van der Waals surface area contributed by atoms with Gasteiger partial charge in [0.2, 0.25) is 0 Å². The summed E-state index contributed by atoms with van der Waals surface area (Å²) in [4.78, 5) is 11.1. The Labute approximate surface area is 115 Å². The third-order valence-electron chi connectivity index (χ3n) is 3.45. The zero-order chi connectivity index (χ0) is 13.3. The molecule has 3 nitrogen and oxygen atoms in total. The Morgan fingerprint density at radius 3 is 2.72 bits per heavy atom. The maximum atomic E-state index is 11.1. The summed E-state index contributed by atoms with van der Waals surface area (Å²) in [5.74, 6) is -0.253. The zero-order valence-electron chi connectivity index (χ0n) is 11.5. The van der Waals surface area contributed by atoms with Gasteiger partial charge in [-0.25, -0.2) is 4.79 Å². The van der Waals surface area contributed by atoms with Crippen LogP contribution >= 0.6 is 11.8 Å². The minimum atomic E-state index is -0.253. The zero-order valence-corrected chi connectivity index (χ0v) is 12.4. The van der Waals surface area contributed by atoms with Crippen molar-refractivity contribution in [1.29, 1.82) is 0 Å². The summed E-state index contributed by atoms with van der Waals surface area (Å²) in [6, 6.07) is 0. The Kier molecular flexibility index (Phi) is 7.44. The standard InChI is InChI=1S/C14H25NO2S/c1-3-17-13(16)8-7-11-15-12-14(18-2)9-5-4-6-10-14/h7-8,15H,3-6,9-12H2,1-2H3/b8-7+. The van der Waals surface area contributed by atoms with E-state index in [2.05, 4.69) is 11.6 Å². The fourth-order valence-corrected chi connectivity index (χ4v) is 3.32. The number of thioether (sulfide) groups is 1. The first-order valence-electron chi connectivity index (χ1n) is 6.81. The van der Waals surface area contributed by atoms with Crippen molar-refractivity contribution in [2.75, 3.05) is 26.0 Å². The molecule has 1 N–H and O–H groups in total. The smallest absolute Gasteiger partial charge is 0.330 e. The third-order valence-corrected chi connectivity index (χ3v) is 4.87. The first kappa shape index (κ1) is 15.6. The second-order valence-corrected chi connectivity index (χ2v) is 6.01. The monoisotopic (exact) mass is 271 g/mol. The number of ether oxygens (including phenoxy) is 1. The Bertz CT molecular complexity index is 273. The van der Waals surface area contributed by atoms with E-state index >= 15 is 0 Å². The summed E-state index contributed by atoms with van der Waals surface area (Å²) >= 11 is 1.99. The van der Waals surface area contributed by atoms with Crippen molar-refractivity contribution in [3.05, 3.63) is 12.2 Å². The van der Waals surface area contributed by atoms with E-state index in [1.54, 1.807) is 0 Å². The first-order valence-corrected chi connectivity index (χ1v) is 8.04. The lowest BCUT2D eigenvalue weighted by atomic mass is 9.88. The molecule has 0 atom stereocenters. The van der Waals surface area contributed by atoms with Gasteiger partial charge in [0, 0.05) is 23.9 Å². The normalized spacial score (nSPS) is 19.0. The molecule has 0 aromatic rings.